The molecule has 1 aliphatic rings. The number of aldehydes is 2. The molecule has 4 heterocycles. The maximum Gasteiger partial charge on any atom is 0.337 e. The third-order valence-corrected chi connectivity index (χ3v) is 6.90. The van der Waals surface area contributed by atoms with Gasteiger partial charge in [-0.2, -0.15) is 0 Å². The van der Waals surface area contributed by atoms with Gasteiger partial charge in [0.1, 0.15) is 23.3 Å². The van der Waals surface area contributed by atoms with Crippen LogP contribution in [0.3, 0.4) is 0 Å². The number of rotatable bonds is 11. The second kappa shape index (κ2) is 20.1. The van der Waals surface area contributed by atoms with Gasteiger partial charge in [0, 0.05) is 38.4 Å². The lowest BCUT2D eigenvalue weighted by Crippen LogP contribution is -2.30. The molecule has 3 aromatic heterocycles. The van der Waals surface area contributed by atoms with Gasteiger partial charge in [-0.15, -0.1) is 0 Å². The summed E-state index contributed by atoms with van der Waals surface area (Å²) in [6, 6.07) is 5.99. The van der Waals surface area contributed by atoms with Gasteiger partial charge < -0.3 is 29.9 Å². The van der Waals surface area contributed by atoms with Crippen molar-refractivity contribution in [3.8, 4) is 0 Å². The molecule has 0 amide bonds. The fraction of sp³-hybridized carbons (Fsp3) is 0.531. The Morgan fingerprint density at radius 2 is 1.76 bits per heavy atom. The molecule has 0 spiro atoms. The quantitative estimate of drug-likeness (QED) is 0.209. The number of anilines is 2. The Morgan fingerprint density at radius 1 is 1.07 bits per heavy atom. The summed E-state index contributed by atoms with van der Waals surface area (Å²) >= 11 is 0. The number of aryl methyl sites for hydroxylation is 1. The number of hydrogen-bond acceptors (Lipinski definition) is 9. The Balaban J connectivity index is 0.000000316. The number of aromatic carboxylic acids is 1. The highest BCUT2D eigenvalue weighted by atomic mass is 16.4. The second-order valence-corrected chi connectivity index (χ2v) is 9.91. The highest BCUT2D eigenvalue weighted by Crippen LogP contribution is 2.28. The molecule has 3 N–H and O–H groups in total. The number of hydrogen-bond donors (Lipinski definition) is 3. The smallest absolute Gasteiger partial charge is 0.337 e. The van der Waals surface area contributed by atoms with E-state index in [1.807, 2.05) is 46.1 Å². The molecule has 2 atom stereocenters. The van der Waals surface area contributed by atoms with Gasteiger partial charge in [0.2, 0.25) is 0 Å². The van der Waals surface area contributed by atoms with Crippen molar-refractivity contribution >= 4 is 41.1 Å². The first-order valence-electron chi connectivity index (χ1n) is 14.9. The van der Waals surface area contributed by atoms with Crippen LogP contribution in [0.1, 0.15) is 92.7 Å². The van der Waals surface area contributed by atoms with Crippen molar-refractivity contribution in [2.24, 2.45) is 5.92 Å². The number of nitrogens with one attached hydrogen (secondary N) is 2. The van der Waals surface area contributed by atoms with Crippen LogP contribution in [0.5, 0.6) is 0 Å². The van der Waals surface area contributed by atoms with E-state index in [0.717, 1.165) is 31.4 Å². The van der Waals surface area contributed by atoms with Crippen LogP contribution in [0, 0.1) is 12.8 Å². The normalized spacial score (nSPS) is 13.7. The SMILES string of the molecule is CC.CCC[C@@H](C=O)CCC(C)N1CCCC1.CNc1c(C=O)oc2cc(C(=O)O)cnc12.CNc1ccc(C)cn1. The number of likely N-dealkylation sites (tertiary alicyclic amines) is 1. The maximum absolute atomic E-state index is 10.8. The number of pyridine rings is 2. The summed E-state index contributed by atoms with van der Waals surface area (Å²) < 4.78 is 5.17. The number of carboxylic acids is 1. The van der Waals surface area contributed by atoms with E-state index < -0.39 is 5.97 Å². The molecule has 4 rings (SSSR count). The molecule has 0 aromatic carbocycles. The van der Waals surface area contributed by atoms with Crippen LogP contribution in [-0.2, 0) is 4.79 Å². The van der Waals surface area contributed by atoms with Gasteiger partial charge >= 0.3 is 5.97 Å². The fourth-order valence-corrected chi connectivity index (χ4v) is 4.52. The molecule has 1 aliphatic heterocycles. The highest BCUT2D eigenvalue weighted by molar-refractivity contribution is 5.99. The average molecular weight is 584 g/mol. The summed E-state index contributed by atoms with van der Waals surface area (Å²) in [4.78, 5) is 42.8. The Bertz CT molecular complexity index is 1210. The zero-order valence-electron chi connectivity index (χ0n) is 26.3. The fourth-order valence-electron chi connectivity index (χ4n) is 4.52. The van der Waals surface area contributed by atoms with Gasteiger partial charge in [0.15, 0.2) is 17.6 Å². The standard InChI is InChI=1S/C13H25NO.C10H8N2O4.C7H10N2.C2H6/c1-3-6-13(11-15)8-7-12(2)14-9-4-5-10-14;1-11-8-7(4-13)16-6-2-5(10(14)15)3-12-9(6)8;1-6-3-4-7(8-2)9-5-6;1-2/h11-13H,3-10H2,1-2H3;2-4,11H,1H3,(H,14,15);3-5H,1-2H3,(H,8,9);1-2H3/t12?,13-;;;/m1.../s1. The Morgan fingerprint density at radius 3 is 2.26 bits per heavy atom. The third-order valence-electron chi connectivity index (χ3n) is 6.90. The molecule has 1 unspecified atom stereocenters. The summed E-state index contributed by atoms with van der Waals surface area (Å²) in [5.74, 6) is 0.234. The molecule has 232 valence electrons. The minimum atomic E-state index is -1.09. The van der Waals surface area contributed by atoms with Gasteiger partial charge in [-0.3, -0.25) is 4.79 Å². The van der Waals surface area contributed by atoms with E-state index in [1.54, 1.807) is 7.05 Å². The minimum Gasteiger partial charge on any atom is -0.478 e. The van der Waals surface area contributed by atoms with Crippen molar-refractivity contribution in [3.63, 3.8) is 0 Å². The van der Waals surface area contributed by atoms with Gasteiger partial charge in [0.25, 0.3) is 0 Å². The van der Waals surface area contributed by atoms with E-state index >= 15 is 0 Å². The molecule has 10 heteroatoms. The lowest BCUT2D eigenvalue weighted by atomic mass is 9.97. The van der Waals surface area contributed by atoms with E-state index in [0.29, 0.717) is 29.4 Å². The van der Waals surface area contributed by atoms with Gasteiger partial charge in [0.05, 0.1) is 5.56 Å². The van der Waals surface area contributed by atoms with Crippen LogP contribution >= 0.6 is 0 Å². The van der Waals surface area contributed by atoms with E-state index in [-0.39, 0.29) is 16.9 Å². The Labute approximate surface area is 250 Å². The summed E-state index contributed by atoms with van der Waals surface area (Å²) in [6.07, 6.45) is 11.9. The van der Waals surface area contributed by atoms with E-state index in [4.69, 9.17) is 9.52 Å². The van der Waals surface area contributed by atoms with E-state index in [2.05, 4.69) is 39.3 Å². The monoisotopic (exact) mass is 583 g/mol. The lowest BCUT2D eigenvalue weighted by molar-refractivity contribution is -0.111. The molecule has 0 radical (unpaired) electrons. The van der Waals surface area contributed by atoms with Crippen molar-refractivity contribution in [2.45, 2.75) is 79.2 Å². The van der Waals surface area contributed by atoms with Crippen molar-refractivity contribution in [1.29, 1.82) is 0 Å². The van der Waals surface area contributed by atoms with Crippen LogP contribution in [0.15, 0.2) is 35.0 Å². The Kier molecular flexibility index (Phi) is 17.4. The summed E-state index contributed by atoms with van der Waals surface area (Å²) in [7, 11) is 3.49. The first-order valence-corrected chi connectivity index (χ1v) is 14.9. The first-order chi connectivity index (χ1) is 20.3. The van der Waals surface area contributed by atoms with Crippen LogP contribution in [0.4, 0.5) is 11.5 Å². The molecule has 0 aliphatic carbocycles. The van der Waals surface area contributed by atoms with Crippen LogP contribution in [0.25, 0.3) is 11.1 Å². The molecular formula is C32H49N5O5. The zero-order chi connectivity index (χ0) is 31.5. The number of nitrogens with zero attached hydrogens (tertiary/aromatic N) is 3. The summed E-state index contributed by atoms with van der Waals surface area (Å²) in [5.41, 5.74) is 2.37. The molecule has 3 aromatic rings. The Hall–Kier alpha value is -3.79. The van der Waals surface area contributed by atoms with E-state index in [1.165, 1.54) is 50.2 Å². The topological polar surface area (TPSA) is 138 Å². The molecule has 0 saturated carbocycles. The number of aromatic nitrogens is 2. The predicted octanol–water partition coefficient (Wildman–Crippen LogP) is 6.70. The molecular weight excluding hydrogens is 534 g/mol. The molecule has 1 saturated heterocycles. The zero-order valence-corrected chi connectivity index (χ0v) is 26.3. The maximum atomic E-state index is 10.8. The van der Waals surface area contributed by atoms with Crippen molar-refractivity contribution in [2.75, 3.05) is 37.8 Å². The number of carboxylic acid groups (broad SMARTS) is 1. The number of furan rings is 1. The van der Waals surface area contributed by atoms with Gasteiger partial charge in [-0.05, 0) is 76.7 Å². The second-order valence-electron chi connectivity index (χ2n) is 9.91. The van der Waals surface area contributed by atoms with Crippen molar-refractivity contribution < 1.29 is 23.9 Å². The molecule has 42 heavy (non-hydrogen) atoms. The van der Waals surface area contributed by atoms with Crippen LogP contribution in [0.2, 0.25) is 0 Å². The van der Waals surface area contributed by atoms with Gasteiger partial charge in [-0.25, -0.2) is 14.8 Å². The lowest BCUT2D eigenvalue weighted by Gasteiger charge is -2.24. The number of fused-ring (bicyclic) bond motifs is 1. The van der Waals surface area contributed by atoms with Crippen molar-refractivity contribution in [3.05, 3.63) is 47.5 Å². The van der Waals surface area contributed by atoms with E-state index in [9.17, 15) is 14.4 Å². The summed E-state index contributed by atoms with van der Waals surface area (Å²) in [6.45, 7) is 13.0. The van der Waals surface area contributed by atoms with Crippen LogP contribution in [-0.4, -0.2) is 71.7 Å². The summed E-state index contributed by atoms with van der Waals surface area (Å²) in [5, 5.41) is 14.5. The third kappa shape index (κ3) is 11.6. The average Bonchev–Trinajstić information content (AvgIpc) is 3.69. The number of carbonyl (C=O) groups is 3. The highest BCUT2D eigenvalue weighted by Gasteiger charge is 2.19. The predicted molar refractivity (Wildman–Crippen MR) is 170 cm³/mol. The molecule has 0 bridgehead atoms. The molecule has 10 nitrogen and oxygen atoms in total. The van der Waals surface area contributed by atoms with Crippen LogP contribution < -0.4 is 10.6 Å². The minimum absolute atomic E-state index is 0.0151. The first kappa shape index (κ1) is 36.2. The largest absolute Gasteiger partial charge is 0.478 e. The van der Waals surface area contributed by atoms with Gasteiger partial charge in [-0.1, -0.05) is 33.3 Å². The molecule has 1 fully saturated rings. The number of carbonyl (C=O) groups excluding carboxylic acids is 2. The van der Waals surface area contributed by atoms with Crippen molar-refractivity contribution in [1.82, 2.24) is 14.9 Å².